The molecule has 0 radical (unpaired) electrons. The number of anilines is 2. The maximum absolute atomic E-state index is 5.92. The van der Waals surface area contributed by atoms with Crippen LogP contribution >= 0.6 is 11.6 Å². The summed E-state index contributed by atoms with van der Waals surface area (Å²) in [7, 11) is 0. The molecule has 3 aromatic heterocycles. The van der Waals surface area contributed by atoms with E-state index in [2.05, 4.69) is 24.9 Å². The summed E-state index contributed by atoms with van der Waals surface area (Å²) in [5.41, 5.74) is 2.02. The maximum atomic E-state index is 5.92. The van der Waals surface area contributed by atoms with Crippen LogP contribution in [-0.2, 0) is 0 Å². The molecule has 7 nitrogen and oxygen atoms in total. The monoisotopic (exact) mass is 369 g/mol. The molecule has 4 heterocycles. The third kappa shape index (κ3) is 3.35. The van der Waals surface area contributed by atoms with Crippen molar-refractivity contribution in [2.45, 2.75) is 13.8 Å². The molecule has 26 heavy (non-hydrogen) atoms. The van der Waals surface area contributed by atoms with Crippen molar-refractivity contribution in [1.29, 1.82) is 0 Å². The van der Waals surface area contributed by atoms with Gasteiger partial charge in [-0.05, 0) is 32.0 Å². The van der Waals surface area contributed by atoms with Crippen molar-refractivity contribution >= 4 is 23.2 Å². The molecule has 4 rings (SSSR count). The van der Waals surface area contributed by atoms with E-state index in [1.807, 2.05) is 42.9 Å². The first-order chi connectivity index (χ1) is 12.6. The lowest BCUT2D eigenvalue weighted by molar-refractivity contribution is 0.638. The van der Waals surface area contributed by atoms with E-state index in [0.717, 1.165) is 55.0 Å². The molecule has 1 fully saturated rings. The molecule has 1 saturated heterocycles. The van der Waals surface area contributed by atoms with Gasteiger partial charge in [0, 0.05) is 38.1 Å². The summed E-state index contributed by atoms with van der Waals surface area (Å²) in [5, 5.41) is 5.15. The van der Waals surface area contributed by atoms with E-state index in [-0.39, 0.29) is 0 Å². The number of aryl methyl sites for hydroxylation is 2. The van der Waals surface area contributed by atoms with E-state index < -0.39 is 0 Å². The first-order valence-corrected chi connectivity index (χ1v) is 8.95. The molecule has 0 atom stereocenters. The second-order valence-electron chi connectivity index (χ2n) is 6.38. The number of piperazine rings is 1. The minimum atomic E-state index is 0.656. The van der Waals surface area contributed by atoms with Crippen LogP contribution in [-0.4, -0.2) is 50.9 Å². The Morgan fingerprint density at radius 2 is 1.58 bits per heavy atom. The minimum absolute atomic E-state index is 0.656. The van der Waals surface area contributed by atoms with E-state index in [1.54, 1.807) is 12.4 Å². The van der Waals surface area contributed by atoms with Gasteiger partial charge in [0.05, 0.1) is 23.1 Å². The highest BCUT2D eigenvalue weighted by Crippen LogP contribution is 2.19. The quantitative estimate of drug-likeness (QED) is 0.707. The van der Waals surface area contributed by atoms with Crippen LogP contribution in [0.1, 0.15) is 11.4 Å². The highest BCUT2D eigenvalue weighted by atomic mass is 35.5. The van der Waals surface area contributed by atoms with Gasteiger partial charge in [-0.3, -0.25) is 4.98 Å². The Morgan fingerprint density at radius 1 is 0.885 bits per heavy atom. The van der Waals surface area contributed by atoms with Crippen molar-refractivity contribution in [3.8, 4) is 5.82 Å². The fourth-order valence-electron chi connectivity index (χ4n) is 3.18. The molecule has 0 unspecified atom stereocenters. The van der Waals surface area contributed by atoms with Crippen LogP contribution < -0.4 is 9.80 Å². The van der Waals surface area contributed by atoms with Crippen molar-refractivity contribution < 1.29 is 0 Å². The standard InChI is InChI=1S/C18H20ClN7/c1-13-9-14(2)26(23-13)18-12-20-11-17(22-18)25-7-5-24(6-8-25)16-4-3-15(19)10-21-16/h3-4,9-12H,5-8H2,1-2H3. The zero-order valence-corrected chi connectivity index (χ0v) is 15.6. The summed E-state index contributed by atoms with van der Waals surface area (Å²) in [6.07, 6.45) is 5.24. The largest absolute Gasteiger partial charge is 0.353 e. The third-order valence-electron chi connectivity index (χ3n) is 4.48. The summed E-state index contributed by atoms with van der Waals surface area (Å²) in [4.78, 5) is 18.0. The van der Waals surface area contributed by atoms with Gasteiger partial charge in [0.1, 0.15) is 11.6 Å². The number of rotatable bonds is 3. The molecule has 0 N–H and O–H groups in total. The van der Waals surface area contributed by atoms with Crippen molar-refractivity contribution in [1.82, 2.24) is 24.7 Å². The Morgan fingerprint density at radius 3 is 2.19 bits per heavy atom. The Bertz CT molecular complexity index is 898. The number of nitrogens with zero attached hydrogens (tertiary/aromatic N) is 7. The number of aromatic nitrogens is 5. The van der Waals surface area contributed by atoms with Gasteiger partial charge in [0.15, 0.2) is 5.82 Å². The van der Waals surface area contributed by atoms with Crippen molar-refractivity contribution in [2.75, 3.05) is 36.0 Å². The van der Waals surface area contributed by atoms with E-state index in [1.165, 1.54) is 0 Å². The smallest absolute Gasteiger partial charge is 0.174 e. The van der Waals surface area contributed by atoms with Crippen molar-refractivity contribution in [3.05, 3.63) is 53.2 Å². The summed E-state index contributed by atoms with van der Waals surface area (Å²) in [6.45, 7) is 7.47. The van der Waals surface area contributed by atoms with Crippen molar-refractivity contribution in [3.63, 3.8) is 0 Å². The minimum Gasteiger partial charge on any atom is -0.353 e. The SMILES string of the molecule is Cc1cc(C)n(-c2cncc(N3CCN(c4ccc(Cl)cn4)CC3)n2)n1. The summed E-state index contributed by atoms with van der Waals surface area (Å²) < 4.78 is 1.83. The molecular weight excluding hydrogens is 350 g/mol. The lowest BCUT2D eigenvalue weighted by atomic mass is 10.3. The Kier molecular flexibility index (Phi) is 4.46. The molecule has 0 aliphatic carbocycles. The summed E-state index contributed by atoms with van der Waals surface area (Å²) in [6, 6.07) is 5.87. The second-order valence-corrected chi connectivity index (χ2v) is 6.82. The second kappa shape index (κ2) is 6.92. The highest BCUT2D eigenvalue weighted by Gasteiger charge is 2.20. The Labute approximate surface area is 157 Å². The van der Waals surface area contributed by atoms with Crippen LogP contribution in [0.15, 0.2) is 36.8 Å². The average molecular weight is 370 g/mol. The number of pyridine rings is 1. The molecule has 3 aromatic rings. The topological polar surface area (TPSA) is 63.0 Å². The zero-order valence-electron chi connectivity index (χ0n) is 14.8. The molecule has 0 spiro atoms. The predicted molar refractivity (Wildman–Crippen MR) is 102 cm³/mol. The Hall–Kier alpha value is -2.67. The van der Waals surface area contributed by atoms with Crippen LogP contribution in [0.25, 0.3) is 5.82 Å². The van der Waals surface area contributed by atoms with Gasteiger partial charge in [0.2, 0.25) is 0 Å². The zero-order chi connectivity index (χ0) is 18.1. The van der Waals surface area contributed by atoms with Gasteiger partial charge in [0.25, 0.3) is 0 Å². The molecule has 1 aliphatic rings. The molecule has 8 heteroatoms. The highest BCUT2D eigenvalue weighted by molar-refractivity contribution is 6.30. The van der Waals surface area contributed by atoms with Crippen LogP contribution in [0.5, 0.6) is 0 Å². The van der Waals surface area contributed by atoms with Gasteiger partial charge in [-0.15, -0.1) is 0 Å². The number of halogens is 1. The molecule has 1 aliphatic heterocycles. The van der Waals surface area contributed by atoms with Crippen LogP contribution in [0, 0.1) is 13.8 Å². The van der Waals surface area contributed by atoms with Crippen LogP contribution in [0.2, 0.25) is 5.02 Å². The third-order valence-corrected chi connectivity index (χ3v) is 4.70. The molecular formula is C18H20ClN7. The van der Waals surface area contributed by atoms with Crippen LogP contribution in [0.4, 0.5) is 11.6 Å². The Balaban J connectivity index is 1.48. The number of hydrogen-bond acceptors (Lipinski definition) is 6. The maximum Gasteiger partial charge on any atom is 0.174 e. The molecule has 134 valence electrons. The molecule has 0 bridgehead atoms. The number of hydrogen-bond donors (Lipinski definition) is 0. The lowest BCUT2D eigenvalue weighted by Gasteiger charge is -2.36. The van der Waals surface area contributed by atoms with E-state index in [0.29, 0.717) is 5.02 Å². The average Bonchev–Trinajstić information content (AvgIpc) is 3.01. The first-order valence-electron chi connectivity index (χ1n) is 8.57. The lowest BCUT2D eigenvalue weighted by Crippen LogP contribution is -2.47. The van der Waals surface area contributed by atoms with E-state index in [4.69, 9.17) is 16.6 Å². The van der Waals surface area contributed by atoms with Gasteiger partial charge < -0.3 is 9.80 Å². The predicted octanol–water partition coefficient (Wildman–Crippen LogP) is 2.65. The normalized spacial score (nSPS) is 14.7. The van der Waals surface area contributed by atoms with Crippen molar-refractivity contribution in [2.24, 2.45) is 0 Å². The van der Waals surface area contributed by atoms with Crippen LogP contribution in [0.3, 0.4) is 0 Å². The fourth-order valence-corrected chi connectivity index (χ4v) is 3.29. The van der Waals surface area contributed by atoms with E-state index in [9.17, 15) is 0 Å². The van der Waals surface area contributed by atoms with Gasteiger partial charge in [-0.1, -0.05) is 11.6 Å². The molecule has 0 saturated carbocycles. The van der Waals surface area contributed by atoms with Gasteiger partial charge >= 0.3 is 0 Å². The van der Waals surface area contributed by atoms with E-state index >= 15 is 0 Å². The summed E-state index contributed by atoms with van der Waals surface area (Å²) >= 11 is 5.92. The summed E-state index contributed by atoms with van der Waals surface area (Å²) in [5.74, 6) is 2.57. The van der Waals surface area contributed by atoms with Gasteiger partial charge in [-0.2, -0.15) is 5.10 Å². The first kappa shape index (κ1) is 16.8. The molecule has 0 aromatic carbocycles. The fraction of sp³-hybridized carbons (Fsp3) is 0.333. The molecule has 0 amide bonds. The van der Waals surface area contributed by atoms with Gasteiger partial charge in [-0.25, -0.2) is 14.6 Å².